The van der Waals surface area contributed by atoms with Gasteiger partial charge in [0.2, 0.25) is 0 Å². The van der Waals surface area contributed by atoms with Gasteiger partial charge in [0.1, 0.15) is 5.65 Å². The van der Waals surface area contributed by atoms with Crippen molar-refractivity contribution in [2.24, 2.45) is 4.99 Å². The minimum atomic E-state index is -0.708. The summed E-state index contributed by atoms with van der Waals surface area (Å²) in [5.41, 5.74) is 3.14. The van der Waals surface area contributed by atoms with E-state index in [4.69, 9.17) is 0 Å². The number of nitrogens with one attached hydrogen (secondary N) is 2. The van der Waals surface area contributed by atoms with E-state index in [0.717, 1.165) is 48.7 Å². The first-order valence-electron chi connectivity index (χ1n) is 9.37. The van der Waals surface area contributed by atoms with Crippen molar-refractivity contribution in [1.82, 2.24) is 20.0 Å². The van der Waals surface area contributed by atoms with Crippen molar-refractivity contribution >= 4 is 22.4 Å². The van der Waals surface area contributed by atoms with Crippen LogP contribution >= 0.6 is 0 Å². The molecule has 2 N–H and O–H groups in total. The highest BCUT2D eigenvalue weighted by atomic mass is 32.2. The number of pyridine rings is 1. The van der Waals surface area contributed by atoms with Crippen molar-refractivity contribution in [2.45, 2.75) is 57.4 Å². The van der Waals surface area contributed by atoms with Crippen LogP contribution in [0.25, 0.3) is 5.65 Å². The number of fused-ring (bicyclic) bond motifs is 1. The lowest BCUT2D eigenvalue weighted by molar-refractivity contribution is 0.413. The maximum absolute atomic E-state index is 12.1. The van der Waals surface area contributed by atoms with Crippen LogP contribution in [0.1, 0.15) is 43.9 Å². The number of rotatable bonds is 5. The summed E-state index contributed by atoms with van der Waals surface area (Å²) in [5.74, 6) is 1.53. The summed E-state index contributed by atoms with van der Waals surface area (Å²) in [7, 11) is 1.08. The molecular weight excluding hydrogens is 346 g/mol. The molecule has 0 bridgehead atoms. The number of hydrogen-bond donors (Lipinski definition) is 2. The summed E-state index contributed by atoms with van der Waals surface area (Å²) in [6, 6.07) is 4.48. The molecule has 1 saturated carbocycles. The lowest BCUT2D eigenvalue weighted by Gasteiger charge is -2.30. The molecule has 0 aromatic carbocycles. The first-order chi connectivity index (χ1) is 12.6. The van der Waals surface area contributed by atoms with E-state index in [2.05, 4.69) is 39.7 Å². The second kappa shape index (κ2) is 8.66. The Bertz CT molecular complexity index is 800. The van der Waals surface area contributed by atoms with Gasteiger partial charge in [-0.25, -0.2) is 4.98 Å². The lowest BCUT2D eigenvalue weighted by Crippen LogP contribution is -2.46. The third kappa shape index (κ3) is 4.63. The average Bonchev–Trinajstić information content (AvgIpc) is 3.06. The number of guanidine groups is 1. The van der Waals surface area contributed by atoms with Gasteiger partial charge in [0.25, 0.3) is 0 Å². The standard InChI is InChI=1S/C19H29N5OS/c1-4-26(25)17-7-5-6-15(11-17)23-19(20-3)21-12-16-13-24-9-8-14(2)10-18(24)22-16/h8-10,13,15,17H,4-7,11-12H2,1-3H3,(H2,20,21,23). The minimum Gasteiger partial charge on any atom is -0.354 e. The topological polar surface area (TPSA) is 70.8 Å². The zero-order chi connectivity index (χ0) is 18.5. The highest BCUT2D eigenvalue weighted by molar-refractivity contribution is 7.85. The van der Waals surface area contributed by atoms with Gasteiger partial charge in [0.05, 0.1) is 12.2 Å². The Morgan fingerprint density at radius 2 is 2.31 bits per heavy atom. The smallest absolute Gasteiger partial charge is 0.191 e. The maximum atomic E-state index is 12.1. The van der Waals surface area contributed by atoms with E-state index in [1.165, 1.54) is 5.56 Å². The Labute approximate surface area is 158 Å². The Kier molecular flexibility index (Phi) is 6.29. The van der Waals surface area contributed by atoms with Crippen LogP contribution in [-0.2, 0) is 17.3 Å². The summed E-state index contributed by atoms with van der Waals surface area (Å²) < 4.78 is 14.1. The number of aryl methyl sites for hydroxylation is 1. The van der Waals surface area contributed by atoms with Crippen LogP contribution < -0.4 is 10.6 Å². The van der Waals surface area contributed by atoms with E-state index >= 15 is 0 Å². The summed E-state index contributed by atoms with van der Waals surface area (Å²) in [6.07, 6.45) is 8.32. The van der Waals surface area contributed by atoms with Crippen molar-refractivity contribution in [2.75, 3.05) is 12.8 Å². The lowest BCUT2D eigenvalue weighted by atomic mass is 9.95. The molecule has 0 amide bonds. The Balaban J connectivity index is 1.56. The largest absolute Gasteiger partial charge is 0.354 e. The molecule has 0 saturated heterocycles. The van der Waals surface area contributed by atoms with Gasteiger partial charge in [0.15, 0.2) is 5.96 Å². The molecule has 142 valence electrons. The van der Waals surface area contributed by atoms with Crippen LogP contribution in [0.5, 0.6) is 0 Å². The summed E-state index contributed by atoms with van der Waals surface area (Å²) >= 11 is 0. The van der Waals surface area contributed by atoms with Crippen LogP contribution in [0.4, 0.5) is 0 Å². The second-order valence-corrected chi connectivity index (χ2v) is 8.93. The normalized spacial score (nSPS) is 22.3. The summed E-state index contributed by atoms with van der Waals surface area (Å²) in [5, 5.41) is 7.16. The zero-order valence-corrected chi connectivity index (χ0v) is 16.7. The van der Waals surface area contributed by atoms with Gasteiger partial charge in [-0.05, 0) is 43.9 Å². The molecule has 2 heterocycles. The molecule has 0 spiro atoms. The Morgan fingerprint density at radius 1 is 1.46 bits per heavy atom. The number of aliphatic imine (C=N–C) groups is 1. The van der Waals surface area contributed by atoms with Gasteiger partial charge in [-0.1, -0.05) is 13.3 Å². The molecule has 2 aromatic heterocycles. The van der Waals surface area contributed by atoms with Gasteiger partial charge in [0, 0.05) is 47.3 Å². The maximum Gasteiger partial charge on any atom is 0.191 e. The van der Waals surface area contributed by atoms with Crippen molar-refractivity contribution < 1.29 is 4.21 Å². The first kappa shape index (κ1) is 18.9. The van der Waals surface area contributed by atoms with Gasteiger partial charge in [-0.15, -0.1) is 0 Å². The molecule has 0 aliphatic heterocycles. The molecule has 1 aliphatic carbocycles. The molecule has 2 aromatic rings. The third-order valence-electron chi connectivity index (χ3n) is 4.95. The van der Waals surface area contributed by atoms with Crippen molar-refractivity contribution in [1.29, 1.82) is 0 Å². The van der Waals surface area contributed by atoms with Crippen LogP contribution in [0, 0.1) is 6.92 Å². The van der Waals surface area contributed by atoms with E-state index in [1.54, 1.807) is 7.05 Å². The van der Waals surface area contributed by atoms with E-state index in [-0.39, 0.29) is 0 Å². The van der Waals surface area contributed by atoms with Gasteiger partial charge < -0.3 is 15.0 Å². The minimum absolute atomic E-state index is 0.311. The number of nitrogens with zero attached hydrogens (tertiary/aromatic N) is 3. The van der Waals surface area contributed by atoms with E-state index in [9.17, 15) is 4.21 Å². The Hall–Kier alpha value is -1.89. The fraction of sp³-hybridized carbons (Fsp3) is 0.579. The van der Waals surface area contributed by atoms with Crippen molar-refractivity contribution in [3.05, 3.63) is 35.8 Å². The Morgan fingerprint density at radius 3 is 3.08 bits per heavy atom. The summed E-state index contributed by atoms with van der Waals surface area (Å²) in [6.45, 7) is 4.70. The predicted octanol–water partition coefficient (Wildman–Crippen LogP) is 2.39. The molecule has 6 nitrogen and oxygen atoms in total. The predicted molar refractivity (Wildman–Crippen MR) is 108 cm³/mol. The average molecular weight is 376 g/mol. The van der Waals surface area contributed by atoms with Gasteiger partial charge in [-0.3, -0.25) is 9.20 Å². The molecular formula is C19H29N5OS. The summed E-state index contributed by atoms with van der Waals surface area (Å²) in [4.78, 5) is 8.99. The molecule has 26 heavy (non-hydrogen) atoms. The first-order valence-corrected chi connectivity index (χ1v) is 10.8. The van der Waals surface area contributed by atoms with Crippen LogP contribution in [-0.4, -0.2) is 43.6 Å². The van der Waals surface area contributed by atoms with E-state index < -0.39 is 10.8 Å². The highest BCUT2D eigenvalue weighted by Gasteiger charge is 2.26. The molecule has 3 unspecified atom stereocenters. The molecule has 3 atom stereocenters. The number of hydrogen-bond acceptors (Lipinski definition) is 3. The highest BCUT2D eigenvalue weighted by Crippen LogP contribution is 2.23. The number of imidazole rings is 1. The van der Waals surface area contributed by atoms with Gasteiger partial charge >= 0.3 is 0 Å². The van der Waals surface area contributed by atoms with Crippen molar-refractivity contribution in [3.63, 3.8) is 0 Å². The molecule has 1 aliphatic rings. The van der Waals surface area contributed by atoms with Crippen molar-refractivity contribution in [3.8, 4) is 0 Å². The van der Waals surface area contributed by atoms with E-state index in [0.29, 0.717) is 17.8 Å². The second-order valence-electron chi connectivity index (χ2n) is 6.93. The molecule has 1 fully saturated rings. The third-order valence-corrected chi connectivity index (χ3v) is 6.69. The monoisotopic (exact) mass is 375 g/mol. The van der Waals surface area contributed by atoms with Crippen LogP contribution in [0.2, 0.25) is 0 Å². The van der Waals surface area contributed by atoms with Gasteiger partial charge in [-0.2, -0.15) is 0 Å². The van der Waals surface area contributed by atoms with E-state index in [1.807, 2.05) is 23.7 Å². The van der Waals surface area contributed by atoms with Crippen LogP contribution in [0.15, 0.2) is 29.5 Å². The fourth-order valence-electron chi connectivity index (χ4n) is 3.53. The SMILES string of the molecule is CCS(=O)C1CCCC(NC(=NC)NCc2cn3ccc(C)cc3n2)C1. The quantitative estimate of drug-likeness (QED) is 0.622. The van der Waals surface area contributed by atoms with Crippen LogP contribution in [0.3, 0.4) is 0 Å². The molecule has 0 radical (unpaired) electrons. The fourth-order valence-corrected chi connectivity index (χ4v) is 4.88. The zero-order valence-electron chi connectivity index (χ0n) is 15.9. The number of aromatic nitrogens is 2. The molecule has 3 rings (SSSR count). The molecule has 7 heteroatoms.